The van der Waals surface area contributed by atoms with Crippen LogP contribution in [0, 0.1) is 0 Å². The number of alkyl halides is 1. The zero-order chi connectivity index (χ0) is 10.8. The van der Waals surface area contributed by atoms with Crippen LogP contribution in [0.15, 0.2) is 17.5 Å². The second-order valence-electron chi connectivity index (χ2n) is 3.79. The van der Waals surface area contributed by atoms with Crippen molar-refractivity contribution in [3.8, 4) is 0 Å². The van der Waals surface area contributed by atoms with Gasteiger partial charge in [-0.1, -0.05) is 22.0 Å². The molecule has 0 aromatic carbocycles. The molecule has 4 heteroatoms. The number of halogens is 1. The van der Waals surface area contributed by atoms with Crippen molar-refractivity contribution < 1.29 is 4.79 Å². The summed E-state index contributed by atoms with van der Waals surface area (Å²) < 4.78 is 0. The molecule has 0 fully saturated rings. The monoisotopic (exact) mass is 275 g/mol. The molecule has 0 atom stereocenters. The van der Waals surface area contributed by atoms with E-state index in [0.29, 0.717) is 0 Å². The summed E-state index contributed by atoms with van der Waals surface area (Å²) in [4.78, 5) is 14.5. The molecular weight excluding hydrogens is 262 g/mol. The van der Waals surface area contributed by atoms with E-state index >= 15 is 0 Å². The van der Waals surface area contributed by atoms with Crippen molar-refractivity contribution in [2.24, 2.45) is 0 Å². The van der Waals surface area contributed by atoms with E-state index in [4.69, 9.17) is 0 Å². The lowest BCUT2D eigenvalue weighted by Gasteiger charge is -2.33. The fourth-order valence-electron chi connectivity index (χ4n) is 0.930. The first-order valence-electron chi connectivity index (χ1n) is 4.36. The van der Waals surface area contributed by atoms with Gasteiger partial charge in [-0.25, -0.2) is 0 Å². The van der Waals surface area contributed by atoms with Gasteiger partial charge in [-0.05, 0) is 25.3 Å². The van der Waals surface area contributed by atoms with Crippen LogP contribution < -0.4 is 0 Å². The minimum absolute atomic E-state index is 0.0875. The van der Waals surface area contributed by atoms with Crippen molar-refractivity contribution in [3.05, 3.63) is 22.4 Å². The number of rotatable bonds is 3. The lowest BCUT2D eigenvalue weighted by molar-refractivity contribution is 0.0668. The average molecular weight is 276 g/mol. The number of carbonyl (C=O) groups is 1. The zero-order valence-corrected chi connectivity index (χ0v) is 11.0. The molecule has 14 heavy (non-hydrogen) atoms. The van der Waals surface area contributed by atoms with E-state index in [0.717, 1.165) is 10.2 Å². The molecule has 0 spiro atoms. The summed E-state index contributed by atoms with van der Waals surface area (Å²) in [5.41, 5.74) is -0.152. The molecule has 0 aliphatic carbocycles. The molecule has 0 unspecified atom stereocenters. The Morgan fingerprint density at radius 3 is 2.71 bits per heavy atom. The highest BCUT2D eigenvalue weighted by Gasteiger charge is 2.27. The number of nitrogens with zero attached hydrogens (tertiary/aromatic N) is 1. The molecule has 0 saturated carbocycles. The molecule has 0 bridgehead atoms. The van der Waals surface area contributed by atoms with E-state index in [1.165, 1.54) is 11.3 Å². The minimum Gasteiger partial charge on any atom is -0.335 e. The third-order valence-electron chi connectivity index (χ3n) is 2.27. The van der Waals surface area contributed by atoms with Gasteiger partial charge in [0.1, 0.15) is 0 Å². The highest BCUT2D eigenvalue weighted by Crippen LogP contribution is 2.20. The van der Waals surface area contributed by atoms with Crippen LogP contribution in [0.5, 0.6) is 0 Å². The number of hydrogen-bond acceptors (Lipinski definition) is 2. The van der Waals surface area contributed by atoms with E-state index in [1.807, 2.05) is 38.4 Å². The molecule has 0 aliphatic heterocycles. The third-order valence-corrected chi connectivity index (χ3v) is 4.50. The van der Waals surface area contributed by atoms with E-state index in [1.54, 1.807) is 4.90 Å². The fourth-order valence-corrected chi connectivity index (χ4v) is 2.00. The molecule has 0 N–H and O–H groups in total. The summed E-state index contributed by atoms with van der Waals surface area (Å²) >= 11 is 4.89. The van der Waals surface area contributed by atoms with Crippen LogP contribution in [0.25, 0.3) is 0 Å². The molecule has 1 rings (SSSR count). The molecule has 1 aromatic heterocycles. The van der Waals surface area contributed by atoms with E-state index in [9.17, 15) is 4.79 Å². The van der Waals surface area contributed by atoms with Gasteiger partial charge in [0.05, 0.1) is 4.88 Å². The first kappa shape index (κ1) is 11.7. The van der Waals surface area contributed by atoms with Crippen LogP contribution in [0.1, 0.15) is 23.5 Å². The number of hydrogen-bond donors (Lipinski definition) is 0. The summed E-state index contributed by atoms with van der Waals surface area (Å²) in [6.45, 7) is 4.07. The van der Waals surface area contributed by atoms with Crippen LogP contribution in [0.3, 0.4) is 0 Å². The van der Waals surface area contributed by atoms with E-state index < -0.39 is 0 Å². The first-order valence-corrected chi connectivity index (χ1v) is 6.37. The highest BCUT2D eigenvalue weighted by atomic mass is 79.9. The summed E-state index contributed by atoms with van der Waals surface area (Å²) in [6.07, 6.45) is 0. The van der Waals surface area contributed by atoms with Crippen molar-refractivity contribution in [2.75, 3.05) is 12.4 Å². The fraction of sp³-hybridized carbons (Fsp3) is 0.500. The second-order valence-corrected chi connectivity index (χ2v) is 5.30. The van der Waals surface area contributed by atoms with Crippen molar-refractivity contribution >= 4 is 33.2 Å². The SMILES string of the molecule is CN(C(=O)c1cccs1)C(C)(C)CBr. The van der Waals surface area contributed by atoms with Crippen molar-refractivity contribution in [3.63, 3.8) is 0 Å². The highest BCUT2D eigenvalue weighted by molar-refractivity contribution is 9.09. The topological polar surface area (TPSA) is 20.3 Å². The minimum atomic E-state index is -0.152. The molecule has 0 radical (unpaired) electrons. The van der Waals surface area contributed by atoms with Gasteiger partial charge < -0.3 is 4.90 Å². The molecule has 0 aliphatic rings. The van der Waals surface area contributed by atoms with Gasteiger partial charge in [-0.2, -0.15) is 0 Å². The Morgan fingerprint density at radius 1 is 1.64 bits per heavy atom. The Labute approximate surface area is 97.1 Å². The number of amides is 1. The third kappa shape index (κ3) is 2.36. The Morgan fingerprint density at radius 2 is 2.29 bits per heavy atom. The van der Waals surface area contributed by atoms with Gasteiger partial charge >= 0.3 is 0 Å². The molecule has 2 nitrogen and oxygen atoms in total. The molecular formula is C10H14BrNOS. The second kappa shape index (κ2) is 4.45. The Kier molecular flexibility index (Phi) is 3.72. The van der Waals surface area contributed by atoms with Crippen LogP contribution in [-0.4, -0.2) is 28.7 Å². The van der Waals surface area contributed by atoms with Gasteiger partial charge in [0.15, 0.2) is 0 Å². The van der Waals surface area contributed by atoms with Crippen LogP contribution in [-0.2, 0) is 0 Å². The normalized spacial score (nSPS) is 11.4. The predicted molar refractivity (Wildman–Crippen MR) is 64.3 cm³/mol. The van der Waals surface area contributed by atoms with Crippen LogP contribution in [0.4, 0.5) is 0 Å². The maximum atomic E-state index is 11.9. The van der Waals surface area contributed by atoms with Crippen LogP contribution >= 0.6 is 27.3 Å². The van der Waals surface area contributed by atoms with Gasteiger partial charge in [0.2, 0.25) is 0 Å². The first-order chi connectivity index (χ1) is 6.49. The zero-order valence-electron chi connectivity index (χ0n) is 8.58. The molecule has 1 aromatic rings. The summed E-state index contributed by atoms with van der Waals surface area (Å²) in [7, 11) is 1.84. The van der Waals surface area contributed by atoms with Gasteiger partial charge in [0, 0.05) is 17.9 Å². The lowest BCUT2D eigenvalue weighted by Crippen LogP contribution is -2.46. The molecule has 78 valence electrons. The summed E-state index contributed by atoms with van der Waals surface area (Å²) in [5, 5.41) is 2.69. The average Bonchev–Trinajstić information content (AvgIpc) is 2.68. The van der Waals surface area contributed by atoms with Crippen molar-refractivity contribution in [1.82, 2.24) is 4.90 Å². The van der Waals surface area contributed by atoms with E-state index in [-0.39, 0.29) is 11.4 Å². The van der Waals surface area contributed by atoms with Gasteiger partial charge in [-0.3, -0.25) is 4.79 Å². The van der Waals surface area contributed by atoms with Gasteiger partial charge in [0.25, 0.3) is 5.91 Å². The largest absolute Gasteiger partial charge is 0.335 e. The van der Waals surface area contributed by atoms with Crippen molar-refractivity contribution in [2.45, 2.75) is 19.4 Å². The number of thiophene rings is 1. The summed E-state index contributed by atoms with van der Waals surface area (Å²) in [5.74, 6) is 0.0875. The van der Waals surface area contributed by atoms with E-state index in [2.05, 4.69) is 15.9 Å². The molecule has 1 heterocycles. The standard InChI is InChI=1S/C10H14BrNOS/c1-10(2,7-11)12(3)9(13)8-5-4-6-14-8/h4-6H,7H2,1-3H3. The number of carbonyl (C=O) groups excluding carboxylic acids is 1. The predicted octanol–water partition coefficient (Wildman–Crippen LogP) is 2.99. The molecule has 1 amide bonds. The Bertz CT molecular complexity index is 308. The van der Waals surface area contributed by atoms with Gasteiger partial charge in [-0.15, -0.1) is 11.3 Å². The van der Waals surface area contributed by atoms with Crippen LogP contribution in [0.2, 0.25) is 0 Å². The maximum Gasteiger partial charge on any atom is 0.264 e. The quantitative estimate of drug-likeness (QED) is 0.777. The lowest BCUT2D eigenvalue weighted by atomic mass is 10.1. The Balaban J connectivity index is 2.81. The summed E-state index contributed by atoms with van der Waals surface area (Å²) in [6, 6.07) is 3.75. The molecule has 0 saturated heterocycles. The van der Waals surface area contributed by atoms with Crippen molar-refractivity contribution in [1.29, 1.82) is 0 Å². The smallest absolute Gasteiger partial charge is 0.264 e. The maximum absolute atomic E-state index is 11.9. The Hall–Kier alpha value is -0.350.